The average molecular weight is 346 g/mol. The molecule has 26 heavy (non-hydrogen) atoms. The molecular formula is C22H22N2O2. The second-order valence-electron chi connectivity index (χ2n) is 5.95. The van der Waals surface area contributed by atoms with Gasteiger partial charge in [-0.25, -0.2) is 0 Å². The first-order chi connectivity index (χ1) is 12.7. The van der Waals surface area contributed by atoms with Gasteiger partial charge in [-0.05, 0) is 35.9 Å². The smallest absolute Gasteiger partial charge is 0.228 e. The van der Waals surface area contributed by atoms with Crippen LogP contribution in [0.15, 0.2) is 78.9 Å². The van der Waals surface area contributed by atoms with Gasteiger partial charge in [-0.15, -0.1) is 0 Å². The third kappa shape index (κ3) is 4.86. The maximum absolute atomic E-state index is 12.1. The molecule has 0 radical (unpaired) electrons. The first-order valence-electron chi connectivity index (χ1n) is 8.54. The minimum Gasteiger partial charge on any atom is -0.496 e. The van der Waals surface area contributed by atoms with Gasteiger partial charge in [0.05, 0.1) is 13.5 Å². The maximum atomic E-state index is 12.1. The van der Waals surface area contributed by atoms with E-state index in [-0.39, 0.29) is 5.91 Å². The summed E-state index contributed by atoms with van der Waals surface area (Å²) in [4.78, 5) is 12.1. The SMILES string of the molecule is COc1ccccc1CNc1ccc(NC(=O)Cc2ccccc2)cc1. The number of rotatable bonds is 7. The van der Waals surface area contributed by atoms with Crippen LogP contribution in [-0.2, 0) is 17.8 Å². The fourth-order valence-corrected chi connectivity index (χ4v) is 2.70. The minimum absolute atomic E-state index is 0.0223. The van der Waals surface area contributed by atoms with E-state index in [1.807, 2.05) is 78.9 Å². The zero-order valence-electron chi connectivity index (χ0n) is 14.7. The molecule has 0 heterocycles. The lowest BCUT2D eigenvalue weighted by Crippen LogP contribution is -2.14. The molecule has 0 aromatic heterocycles. The molecule has 0 aliphatic heterocycles. The molecule has 0 saturated carbocycles. The molecule has 3 aromatic rings. The number of para-hydroxylation sites is 1. The quantitative estimate of drug-likeness (QED) is 0.663. The van der Waals surface area contributed by atoms with Crippen molar-refractivity contribution in [3.05, 3.63) is 90.0 Å². The summed E-state index contributed by atoms with van der Waals surface area (Å²) >= 11 is 0. The molecule has 4 nitrogen and oxygen atoms in total. The van der Waals surface area contributed by atoms with Crippen LogP contribution >= 0.6 is 0 Å². The van der Waals surface area contributed by atoms with Crippen LogP contribution < -0.4 is 15.4 Å². The highest BCUT2D eigenvalue weighted by molar-refractivity contribution is 5.92. The van der Waals surface area contributed by atoms with E-state index in [0.717, 1.165) is 28.3 Å². The number of carbonyl (C=O) groups is 1. The molecule has 2 N–H and O–H groups in total. The molecule has 0 bridgehead atoms. The third-order valence-corrected chi connectivity index (χ3v) is 4.05. The van der Waals surface area contributed by atoms with Crippen molar-refractivity contribution in [3.63, 3.8) is 0 Å². The standard InChI is InChI=1S/C22H22N2O2/c1-26-21-10-6-5-9-18(21)16-23-19-11-13-20(14-12-19)24-22(25)15-17-7-3-2-4-8-17/h2-14,23H,15-16H2,1H3,(H,24,25). The van der Waals surface area contributed by atoms with Crippen molar-refractivity contribution in [1.82, 2.24) is 0 Å². The van der Waals surface area contributed by atoms with Crippen molar-refractivity contribution >= 4 is 17.3 Å². The average Bonchev–Trinajstić information content (AvgIpc) is 2.68. The predicted molar refractivity (Wildman–Crippen MR) is 106 cm³/mol. The van der Waals surface area contributed by atoms with Crippen LogP contribution in [0.25, 0.3) is 0 Å². The summed E-state index contributed by atoms with van der Waals surface area (Å²) in [5, 5.41) is 6.29. The second kappa shape index (κ2) is 8.72. The zero-order valence-corrected chi connectivity index (χ0v) is 14.7. The number of amides is 1. The zero-order chi connectivity index (χ0) is 18.2. The molecular weight excluding hydrogens is 324 g/mol. The summed E-state index contributed by atoms with van der Waals surface area (Å²) in [6.45, 7) is 0.670. The van der Waals surface area contributed by atoms with Gasteiger partial charge >= 0.3 is 0 Å². The molecule has 0 aliphatic rings. The maximum Gasteiger partial charge on any atom is 0.228 e. The number of hydrogen-bond acceptors (Lipinski definition) is 3. The Balaban J connectivity index is 1.54. The van der Waals surface area contributed by atoms with Crippen LogP contribution in [0.3, 0.4) is 0 Å². The van der Waals surface area contributed by atoms with Gasteiger partial charge in [-0.3, -0.25) is 4.79 Å². The van der Waals surface area contributed by atoms with Gasteiger partial charge in [0.15, 0.2) is 0 Å². The molecule has 0 spiro atoms. The van der Waals surface area contributed by atoms with Crippen molar-refractivity contribution in [2.75, 3.05) is 17.7 Å². The molecule has 4 heteroatoms. The van der Waals surface area contributed by atoms with E-state index in [1.54, 1.807) is 7.11 Å². The van der Waals surface area contributed by atoms with Gasteiger partial charge in [-0.2, -0.15) is 0 Å². The number of methoxy groups -OCH3 is 1. The molecule has 132 valence electrons. The third-order valence-electron chi connectivity index (χ3n) is 4.05. The fourth-order valence-electron chi connectivity index (χ4n) is 2.70. The lowest BCUT2D eigenvalue weighted by atomic mass is 10.1. The molecule has 1 amide bonds. The summed E-state index contributed by atoms with van der Waals surface area (Å²) < 4.78 is 5.36. The molecule has 0 aliphatic carbocycles. The summed E-state index contributed by atoms with van der Waals surface area (Å²) in [5.41, 5.74) is 3.86. The highest BCUT2D eigenvalue weighted by atomic mass is 16.5. The highest BCUT2D eigenvalue weighted by Crippen LogP contribution is 2.20. The Morgan fingerprint density at radius 1 is 0.846 bits per heavy atom. The van der Waals surface area contributed by atoms with Crippen molar-refractivity contribution < 1.29 is 9.53 Å². The van der Waals surface area contributed by atoms with Gasteiger partial charge < -0.3 is 15.4 Å². The van der Waals surface area contributed by atoms with E-state index >= 15 is 0 Å². The molecule has 0 saturated heterocycles. The largest absolute Gasteiger partial charge is 0.496 e. The molecule has 0 fully saturated rings. The van der Waals surface area contributed by atoms with E-state index < -0.39 is 0 Å². The summed E-state index contributed by atoms with van der Waals surface area (Å²) in [7, 11) is 1.67. The number of hydrogen-bond donors (Lipinski definition) is 2. The Labute approximate surface area is 153 Å². The van der Waals surface area contributed by atoms with Gasteiger partial charge in [0.1, 0.15) is 5.75 Å². The summed E-state index contributed by atoms with van der Waals surface area (Å²) in [5.74, 6) is 0.843. The Hall–Kier alpha value is -3.27. The van der Waals surface area contributed by atoms with E-state index in [4.69, 9.17) is 4.74 Å². The van der Waals surface area contributed by atoms with Crippen LogP contribution in [0.2, 0.25) is 0 Å². The van der Waals surface area contributed by atoms with Gasteiger partial charge in [0, 0.05) is 23.5 Å². The Kier molecular flexibility index (Phi) is 5.88. The van der Waals surface area contributed by atoms with Gasteiger partial charge in [-0.1, -0.05) is 48.5 Å². The molecule has 3 rings (SSSR count). The highest BCUT2D eigenvalue weighted by Gasteiger charge is 2.05. The van der Waals surface area contributed by atoms with Gasteiger partial charge in [0.25, 0.3) is 0 Å². The summed E-state index contributed by atoms with van der Waals surface area (Å²) in [6, 6.07) is 25.3. The number of ether oxygens (including phenoxy) is 1. The van der Waals surface area contributed by atoms with Crippen molar-refractivity contribution in [2.24, 2.45) is 0 Å². The Bertz CT molecular complexity index is 846. The molecule has 3 aromatic carbocycles. The first-order valence-corrected chi connectivity index (χ1v) is 8.54. The van der Waals surface area contributed by atoms with Crippen LogP contribution in [0, 0.1) is 0 Å². The van der Waals surface area contributed by atoms with Crippen LogP contribution in [0.5, 0.6) is 5.75 Å². The Morgan fingerprint density at radius 3 is 2.23 bits per heavy atom. The molecule has 0 unspecified atom stereocenters. The van der Waals surface area contributed by atoms with Crippen molar-refractivity contribution in [1.29, 1.82) is 0 Å². The van der Waals surface area contributed by atoms with Gasteiger partial charge in [0.2, 0.25) is 5.91 Å². The van der Waals surface area contributed by atoms with Crippen LogP contribution in [-0.4, -0.2) is 13.0 Å². The van der Waals surface area contributed by atoms with Crippen molar-refractivity contribution in [2.45, 2.75) is 13.0 Å². The number of anilines is 2. The fraction of sp³-hybridized carbons (Fsp3) is 0.136. The lowest BCUT2D eigenvalue weighted by Gasteiger charge is -2.11. The Morgan fingerprint density at radius 2 is 1.50 bits per heavy atom. The van der Waals surface area contributed by atoms with Crippen LogP contribution in [0.1, 0.15) is 11.1 Å². The first kappa shape index (κ1) is 17.5. The van der Waals surface area contributed by atoms with Crippen LogP contribution in [0.4, 0.5) is 11.4 Å². The summed E-state index contributed by atoms with van der Waals surface area (Å²) in [6.07, 6.45) is 0.370. The number of nitrogens with one attached hydrogen (secondary N) is 2. The normalized spacial score (nSPS) is 10.2. The topological polar surface area (TPSA) is 50.4 Å². The van der Waals surface area contributed by atoms with Crippen molar-refractivity contribution in [3.8, 4) is 5.75 Å². The van der Waals surface area contributed by atoms with E-state index in [0.29, 0.717) is 13.0 Å². The monoisotopic (exact) mass is 346 g/mol. The van der Waals surface area contributed by atoms with E-state index in [2.05, 4.69) is 10.6 Å². The predicted octanol–water partition coefficient (Wildman–Crippen LogP) is 4.49. The second-order valence-corrected chi connectivity index (χ2v) is 5.95. The lowest BCUT2D eigenvalue weighted by molar-refractivity contribution is -0.115. The van der Waals surface area contributed by atoms with E-state index in [9.17, 15) is 4.79 Å². The molecule has 0 atom stereocenters. The van der Waals surface area contributed by atoms with E-state index in [1.165, 1.54) is 0 Å². The number of carbonyl (C=O) groups excluding carboxylic acids is 1. The number of benzene rings is 3. The minimum atomic E-state index is -0.0223.